The average molecular weight is 487 g/mol. The Balaban J connectivity index is 5.74. The number of ether oxygens (including phenoxy) is 4. The summed E-state index contributed by atoms with van der Waals surface area (Å²) in [6.07, 6.45) is -1.46. The number of rotatable bonds is 11. The van der Waals surface area contributed by atoms with Crippen LogP contribution >= 0.6 is 0 Å². The van der Waals surface area contributed by atoms with E-state index in [9.17, 15) is 19.2 Å². The van der Waals surface area contributed by atoms with Gasteiger partial charge < -0.3 is 18.9 Å². The quantitative estimate of drug-likeness (QED) is 0.223. The average Bonchev–Trinajstić information content (AvgIpc) is 2.65. The molecule has 0 aromatic heterocycles. The maximum Gasteiger partial charge on any atom is 0.315 e. The van der Waals surface area contributed by atoms with Gasteiger partial charge in [-0.3, -0.25) is 19.2 Å². The highest BCUT2D eigenvalue weighted by Crippen LogP contribution is 2.35. The van der Waals surface area contributed by atoms with E-state index in [2.05, 4.69) is 0 Å². The molecule has 34 heavy (non-hydrogen) atoms. The van der Waals surface area contributed by atoms with Gasteiger partial charge in [-0.1, -0.05) is 20.8 Å². The fraction of sp³-hybridized carbons (Fsp3) is 0.846. The summed E-state index contributed by atoms with van der Waals surface area (Å²) >= 11 is 0. The fourth-order valence-corrected chi connectivity index (χ4v) is 3.00. The predicted molar refractivity (Wildman–Crippen MR) is 128 cm³/mol. The molecule has 8 nitrogen and oxygen atoms in total. The summed E-state index contributed by atoms with van der Waals surface area (Å²) in [7, 11) is 0. The molecule has 198 valence electrons. The second-order valence-electron chi connectivity index (χ2n) is 11.7. The lowest BCUT2D eigenvalue weighted by Gasteiger charge is -2.34. The molecule has 0 aliphatic heterocycles. The van der Waals surface area contributed by atoms with Gasteiger partial charge in [0.25, 0.3) is 0 Å². The van der Waals surface area contributed by atoms with Gasteiger partial charge in [0, 0.05) is 19.8 Å². The summed E-state index contributed by atoms with van der Waals surface area (Å²) in [5.74, 6) is -2.24. The monoisotopic (exact) mass is 486 g/mol. The Hall–Kier alpha value is -2.12. The van der Waals surface area contributed by atoms with Crippen LogP contribution < -0.4 is 0 Å². The van der Waals surface area contributed by atoms with E-state index >= 15 is 0 Å². The van der Waals surface area contributed by atoms with Gasteiger partial charge >= 0.3 is 23.9 Å². The summed E-state index contributed by atoms with van der Waals surface area (Å²) in [5, 5.41) is 0. The van der Waals surface area contributed by atoms with Crippen molar-refractivity contribution in [3.8, 4) is 0 Å². The molecule has 0 aliphatic carbocycles. The molecular weight excluding hydrogens is 440 g/mol. The van der Waals surface area contributed by atoms with Crippen LogP contribution in [0.15, 0.2) is 0 Å². The first-order chi connectivity index (χ1) is 15.2. The first kappa shape index (κ1) is 31.9. The minimum absolute atomic E-state index is 0.141. The van der Waals surface area contributed by atoms with Gasteiger partial charge in [0.15, 0.2) is 0 Å². The SMILES string of the molecule is CCC(CC(C)(CC(C)OC(=O)C(C)(C)C)C(=O)OC(C)OC(=O)C(C)C)OC(=O)C(C)(C)C. The van der Waals surface area contributed by atoms with E-state index < -0.39 is 46.7 Å². The predicted octanol–water partition coefficient (Wildman–Crippen LogP) is 5.21. The topological polar surface area (TPSA) is 105 Å². The maximum absolute atomic E-state index is 13.3. The summed E-state index contributed by atoms with van der Waals surface area (Å²) in [4.78, 5) is 50.0. The van der Waals surface area contributed by atoms with Gasteiger partial charge in [0.05, 0.1) is 22.2 Å². The molecule has 0 spiro atoms. The molecule has 0 bridgehead atoms. The fourth-order valence-electron chi connectivity index (χ4n) is 3.00. The lowest BCUT2D eigenvalue weighted by atomic mass is 9.78. The van der Waals surface area contributed by atoms with E-state index in [1.165, 1.54) is 6.92 Å². The number of carbonyl (C=O) groups excluding carboxylic acids is 4. The van der Waals surface area contributed by atoms with Crippen molar-refractivity contribution < 1.29 is 38.1 Å². The molecule has 0 radical (unpaired) electrons. The second-order valence-corrected chi connectivity index (χ2v) is 11.7. The highest BCUT2D eigenvalue weighted by atomic mass is 16.7. The Labute approximate surface area is 205 Å². The van der Waals surface area contributed by atoms with Crippen molar-refractivity contribution in [2.45, 2.75) is 121 Å². The lowest BCUT2D eigenvalue weighted by molar-refractivity contribution is -0.198. The second kappa shape index (κ2) is 12.5. The summed E-state index contributed by atoms with van der Waals surface area (Å²) in [5.41, 5.74) is -2.56. The van der Waals surface area contributed by atoms with E-state index in [0.29, 0.717) is 6.42 Å². The summed E-state index contributed by atoms with van der Waals surface area (Å²) < 4.78 is 21.9. The van der Waals surface area contributed by atoms with Gasteiger partial charge in [-0.2, -0.15) is 0 Å². The van der Waals surface area contributed by atoms with Crippen LogP contribution in [0.2, 0.25) is 0 Å². The molecule has 0 saturated carbocycles. The van der Waals surface area contributed by atoms with Crippen molar-refractivity contribution in [3.05, 3.63) is 0 Å². The van der Waals surface area contributed by atoms with Crippen LogP contribution in [-0.2, 0) is 38.1 Å². The molecule has 0 fully saturated rings. The Morgan fingerprint density at radius 2 is 1.12 bits per heavy atom. The van der Waals surface area contributed by atoms with Crippen LogP contribution in [0.1, 0.15) is 102 Å². The first-order valence-corrected chi connectivity index (χ1v) is 12.1. The lowest BCUT2D eigenvalue weighted by Crippen LogP contribution is -2.41. The zero-order valence-electron chi connectivity index (χ0n) is 23.2. The molecular formula is C26H46O8. The highest BCUT2D eigenvalue weighted by molar-refractivity contribution is 5.78. The van der Waals surface area contributed by atoms with Gasteiger partial charge in [0.2, 0.25) is 6.29 Å². The summed E-state index contributed by atoms with van der Waals surface area (Å²) in [6.45, 7) is 20.6. The van der Waals surface area contributed by atoms with Gasteiger partial charge in [0.1, 0.15) is 12.2 Å². The standard InChI is InChI=1S/C26H46O8/c1-13-19(34-22(29)25(9,10)11)15-26(12,14-17(4)31-21(28)24(6,7)8)23(30)33-18(5)32-20(27)16(2)3/h16-19H,13-15H2,1-12H3. The molecule has 4 unspecified atom stereocenters. The Kier molecular flexibility index (Phi) is 11.8. The summed E-state index contributed by atoms with van der Waals surface area (Å²) in [6, 6.07) is 0. The van der Waals surface area contributed by atoms with Crippen molar-refractivity contribution >= 4 is 23.9 Å². The molecule has 0 amide bonds. The van der Waals surface area contributed by atoms with Crippen molar-refractivity contribution in [2.75, 3.05) is 0 Å². The zero-order chi connectivity index (χ0) is 27.1. The van der Waals surface area contributed by atoms with E-state index in [1.807, 2.05) is 6.92 Å². The number of esters is 4. The molecule has 0 aliphatic rings. The number of hydrogen-bond acceptors (Lipinski definition) is 8. The number of carbonyl (C=O) groups is 4. The van der Waals surface area contributed by atoms with Gasteiger partial charge in [-0.25, -0.2) is 0 Å². The Bertz CT molecular complexity index is 713. The molecule has 0 rings (SSSR count). The third-order valence-electron chi connectivity index (χ3n) is 5.20. The van der Waals surface area contributed by atoms with Crippen molar-refractivity contribution in [3.63, 3.8) is 0 Å². The van der Waals surface area contributed by atoms with Crippen LogP contribution in [0, 0.1) is 22.2 Å². The molecule has 0 aromatic rings. The molecule has 4 atom stereocenters. The van der Waals surface area contributed by atoms with E-state index in [4.69, 9.17) is 18.9 Å². The smallest absolute Gasteiger partial charge is 0.315 e. The van der Waals surface area contributed by atoms with E-state index in [1.54, 1.807) is 69.2 Å². The minimum atomic E-state index is -1.17. The van der Waals surface area contributed by atoms with Crippen LogP contribution in [0.4, 0.5) is 0 Å². The van der Waals surface area contributed by atoms with Crippen molar-refractivity contribution in [1.29, 1.82) is 0 Å². The van der Waals surface area contributed by atoms with E-state index in [0.717, 1.165) is 0 Å². The largest absolute Gasteiger partial charge is 0.462 e. The van der Waals surface area contributed by atoms with Crippen molar-refractivity contribution in [2.24, 2.45) is 22.2 Å². The highest BCUT2D eigenvalue weighted by Gasteiger charge is 2.42. The Morgan fingerprint density at radius 1 is 0.647 bits per heavy atom. The van der Waals surface area contributed by atoms with Gasteiger partial charge in [-0.05, 0) is 61.8 Å². The zero-order valence-corrected chi connectivity index (χ0v) is 23.2. The molecule has 0 aromatic carbocycles. The van der Waals surface area contributed by atoms with Crippen molar-refractivity contribution in [1.82, 2.24) is 0 Å². The molecule has 0 saturated heterocycles. The number of hydrogen-bond donors (Lipinski definition) is 0. The normalized spacial score (nSPS) is 16.6. The molecule has 0 heterocycles. The van der Waals surface area contributed by atoms with Crippen LogP contribution in [0.25, 0.3) is 0 Å². The van der Waals surface area contributed by atoms with Gasteiger partial charge in [-0.15, -0.1) is 0 Å². The minimum Gasteiger partial charge on any atom is -0.462 e. The molecule has 8 heteroatoms. The maximum atomic E-state index is 13.3. The molecule has 0 N–H and O–H groups in total. The Morgan fingerprint density at radius 3 is 1.53 bits per heavy atom. The van der Waals surface area contributed by atoms with E-state index in [-0.39, 0.29) is 30.7 Å². The third-order valence-corrected chi connectivity index (χ3v) is 5.20. The van der Waals surface area contributed by atoms with Crippen LogP contribution in [0.5, 0.6) is 0 Å². The van der Waals surface area contributed by atoms with Crippen LogP contribution in [0.3, 0.4) is 0 Å². The van der Waals surface area contributed by atoms with Crippen LogP contribution in [-0.4, -0.2) is 42.4 Å². The first-order valence-electron chi connectivity index (χ1n) is 12.1. The third kappa shape index (κ3) is 10.9.